The molecule has 4 nitrogen and oxygen atoms in total. The van der Waals surface area contributed by atoms with Crippen LogP contribution in [0.2, 0.25) is 0 Å². The second-order valence-electron chi connectivity index (χ2n) is 2.83. The third kappa shape index (κ3) is 2.90. The summed E-state index contributed by atoms with van der Waals surface area (Å²) in [5.74, 6) is -1.06. The van der Waals surface area contributed by atoms with Crippen LogP contribution >= 0.6 is 0 Å². The Morgan fingerprint density at radius 1 is 1.43 bits per heavy atom. The maximum atomic E-state index is 10.7. The van der Waals surface area contributed by atoms with Crippen molar-refractivity contribution in [2.75, 3.05) is 0 Å². The maximum Gasteiger partial charge on any atom is 0.326 e. The van der Waals surface area contributed by atoms with Gasteiger partial charge in [-0.1, -0.05) is 30.3 Å². The molecule has 0 fully saturated rings. The lowest BCUT2D eigenvalue weighted by molar-refractivity contribution is -0.139. The first kappa shape index (κ1) is 10.2. The van der Waals surface area contributed by atoms with Crippen LogP contribution in [0, 0.1) is 0 Å². The van der Waals surface area contributed by atoms with Crippen molar-refractivity contribution in [1.82, 2.24) is 5.32 Å². The second kappa shape index (κ2) is 5.01. The Morgan fingerprint density at radius 3 is 2.57 bits per heavy atom. The van der Waals surface area contributed by atoms with Gasteiger partial charge in [0.1, 0.15) is 6.04 Å². The van der Waals surface area contributed by atoms with Crippen LogP contribution in [0.25, 0.3) is 0 Å². The highest BCUT2D eigenvalue weighted by Crippen LogP contribution is 2.02. The molecule has 0 heterocycles. The van der Waals surface area contributed by atoms with Crippen LogP contribution in [0.1, 0.15) is 5.56 Å². The van der Waals surface area contributed by atoms with Crippen molar-refractivity contribution in [3.63, 3.8) is 0 Å². The quantitative estimate of drug-likeness (QED) is 0.661. The summed E-state index contributed by atoms with van der Waals surface area (Å²) >= 11 is 0. The van der Waals surface area contributed by atoms with Gasteiger partial charge in [0, 0.05) is 6.42 Å². The zero-order valence-electron chi connectivity index (χ0n) is 7.43. The summed E-state index contributed by atoms with van der Waals surface area (Å²) in [6.07, 6.45) is 1.66. The summed E-state index contributed by atoms with van der Waals surface area (Å²) in [5.41, 5.74) is 0.864. The molecular weight excluding hydrogens is 182 g/mol. The number of carbonyl (C=O) groups is 1. The number of rotatable bonds is 5. The monoisotopic (exact) mass is 192 g/mol. The standard InChI is InChI=1S/C10H10NO3/c12-7-11-9(10(13)14)6-8-4-2-1-3-5-8/h1-5,9H,6H2,(H,11,12)(H,13,14)/t9-/m0/s1. The van der Waals surface area contributed by atoms with Crippen molar-refractivity contribution >= 4 is 12.4 Å². The smallest absolute Gasteiger partial charge is 0.326 e. The van der Waals surface area contributed by atoms with Gasteiger partial charge in [0.25, 0.3) is 0 Å². The van der Waals surface area contributed by atoms with E-state index in [9.17, 15) is 9.59 Å². The Kier molecular flexibility index (Phi) is 3.67. The molecule has 0 aliphatic heterocycles. The van der Waals surface area contributed by atoms with Gasteiger partial charge in [0.15, 0.2) is 0 Å². The van der Waals surface area contributed by atoms with E-state index in [-0.39, 0.29) is 6.42 Å². The van der Waals surface area contributed by atoms with Gasteiger partial charge in [-0.25, -0.2) is 4.79 Å². The Bertz CT molecular complexity index is 310. The minimum atomic E-state index is -1.06. The fourth-order valence-corrected chi connectivity index (χ4v) is 1.12. The van der Waals surface area contributed by atoms with E-state index < -0.39 is 12.0 Å². The highest BCUT2D eigenvalue weighted by molar-refractivity contribution is 5.76. The Morgan fingerprint density at radius 2 is 2.07 bits per heavy atom. The van der Waals surface area contributed by atoms with Gasteiger partial charge in [0.05, 0.1) is 0 Å². The molecule has 4 heteroatoms. The molecule has 0 saturated carbocycles. The molecule has 1 aromatic rings. The highest BCUT2D eigenvalue weighted by Gasteiger charge is 2.16. The van der Waals surface area contributed by atoms with E-state index in [0.717, 1.165) is 5.56 Å². The van der Waals surface area contributed by atoms with Crippen LogP contribution < -0.4 is 5.32 Å². The van der Waals surface area contributed by atoms with E-state index in [2.05, 4.69) is 5.32 Å². The van der Waals surface area contributed by atoms with Crippen molar-refractivity contribution in [1.29, 1.82) is 0 Å². The molecule has 1 amide bonds. The van der Waals surface area contributed by atoms with Gasteiger partial charge in [-0.15, -0.1) is 0 Å². The average Bonchev–Trinajstić information content (AvgIpc) is 2.18. The molecule has 0 saturated heterocycles. The number of nitrogens with one attached hydrogen (secondary N) is 1. The lowest BCUT2D eigenvalue weighted by atomic mass is 10.1. The lowest BCUT2D eigenvalue weighted by Gasteiger charge is -2.09. The van der Waals surface area contributed by atoms with Crippen molar-refractivity contribution in [2.45, 2.75) is 12.5 Å². The molecular formula is C10H10NO3. The number of hydrogen-bond donors (Lipinski definition) is 2. The highest BCUT2D eigenvalue weighted by atomic mass is 16.4. The molecule has 14 heavy (non-hydrogen) atoms. The number of carbonyl (C=O) groups excluding carboxylic acids is 1. The molecule has 1 rings (SSSR count). The molecule has 0 unspecified atom stereocenters. The first-order chi connectivity index (χ1) is 6.74. The second-order valence-corrected chi connectivity index (χ2v) is 2.83. The summed E-state index contributed by atoms with van der Waals surface area (Å²) < 4.78 is 0. The number of carboxylic acid groups (broad SMARTS) is 1. The zero-order valence-corrected chi connectivity index (χ0v) is 7.43. The molecule has 0 aliphatic carbocycles. The molecule has 2 N–H and O–H groups in total. The van der Waals surface area contributed by atoms with E-state index >= 15 is 0 Å². The van der Waals surface area contributed by atoms with Crippen molar-refractivity contribution in [3.05, 3.63) is 35.9 Å². The van der Waals surface area contributed by atoms with E-state index in [1.54, 1.807) is 0 Å². The van der Waals surface area contributed by atoms with Crippen LogP contribution in [-0.4, -0.2) is 23.5 Å². The lowest BCUT2D eigenvalue weighted by Crippen LogP contribution is -2.37. The zero-order chi connectivity index (χ0) is 10.4. The molecule has 0 spiro atoms. The minimum absolute atomic E-state index is 0.269. The first-order valence-electron chi connectivity index (χ1n) is 4.13. The minimum Gasteiger partial charge on any atom is -0.480 e. The molecule has 0 aliphatic rings. The first-order valence-corrected chi connectivity index (χ1v) is 4.13. The fraction of sp³-hybridized carbons (Fsp3) is 0.200. The van der Waals surface area contributed by atoms with Crippen LogP contribution in [0.5, 0.6) is 0 Å². The van der Waals surface area contributed by atoms with E-state index in [1.165, 1.54) is 6.41 Å². The van der Waals surface area contributed by atoms with E-state index in [0.29, 0.717) is 0 Å². The predicted molar refractivity (Wildman–Crippen MR) is 50.4 cm³/mol. The summed E-state index contributed by atoms with van der Waals surface area (Å²) in [4.78, 5) is 20.7. The topological polar surface area (TPSA) is 66.4 Å². The fourth-order valence-electron chi connectivity index (χ4n) is 1.12. The Hall–Kier alpha value is -1.84. The summed E-state index contributed by atoms with van der Waals surface area (Å²) in [7, 11) is 0. The molecule has 1 aromatic carbocycles. The van der Waals surface area contributed by atoms with Gasteiger partial charge < -0.3 is 10.4 Å². The third-order valence-corrected chi connectivity index (χ3v) is 1.81. The van der Waals surface area contributed by atoms with Crippen molar-refractivity contribution in [2.24, 2.45) is 0 Å². The predicted octanol–water partition coefficient (Wildman–Crippen LogP) is 0.339. The molecule has 0 aromatic heterocycles. The van der Waals surface area contributed by atoms with Crippen LogP contribution in [-0.2, 0) is 16.0 Å². The number of carboxylic acids is 1. The third-order valence-electron chi connectivity index (χ3n) is 1.81. The SMILES string of the molecule is O=[C]N[C@@H](Cc1ccccc1)C(=O)O. The van der Waals surface area contributed by atoms with Crippen LogP contribution in [0.15, 0.2) is 30.3 Å². The number of aliphatic carboxylic acids is 1. The molecule has 1 radical (unpaired) electrons. The van der Waals surface area contributed by atoms with Gasteiger partial charge in [-0.2, -0.15) is 0 Å². The Labute approximate surface area is 81.6 Å². The van der Waals surface area contributed by atoms with Gasteiger partial charge >= 0.3 is 12.4 Å². The normalized spacial score (nSPS) is 11.7. The van der Waals surface area contributed by atoms with Gasteiger partial charge in [-0.05, 0) is 5.56 Å². The molecule has 1 atom stereocenters. The van der Waals surface area contributed by atoms with Gasteiger partial charge in [-0.3, -0.25) is 4.79 Å². The summed E-state index contributed by atoms with van der Waals surface area (Å²) in [6, 6.07) is 8.19. The summed E-state index contributed by atoms with van der Waals surface area (Å²) in [6.45, 7) is 0. The molecule has 0 bridgehead atoms. The van der Waals surface area contributed by atoms with E-state index in [1.807, 2.05) is 30.3 Å². The number of amides is 1. The van der Waals surface area contributed by atoms with E-state index in [4.69, 9.17) is 5.11 Å². The van der Waals surface area contributed by atoms with Crippen LogP contribution in [0.4, 0.5) is 0 Å². The maximum absolute atomic E-state index is 10.7. The van der Waals surface area contributed by atoms with Crippen molar-refractivity contribution in [3.8, 4) is 0 Å². The largest absolute Gasteiger partial charge is 0.480 e. The number of hydrogen-bond acceptors (Lipinski definition) is 2. The summed E-state index contributed by atoms with van der Waals surface area (Å²) in [5, 5.41) is 10.8. The van der Waals surface area contributed by atoms with Crippen LogP contribution in [0.3, 0.4) is 0 Å². The van der Waals surface area contributed by atoms with Crippen molar-refractivity contribution < 1.29 is 14.7 Å². The molecule has 73 valence electrons. The Balaban J connectivity index is 2.64. The van der Waals surface area contributed by atoms with Gasteiger partial charge in [0.2, 0.25) is 0 Å². The average molecular weight is 192 g/mol. The number of benzene rings is 1.